The zero-order valence-electron chi connectivity index (χ0n) is 13.2. The number of hydrogen-bond acceptors (Lipinski definition) is 4. The number of hydrogen-bond donors (Lipinski definition) is 2. The quantitative estimate of drug-likeness (QED) is 0.839. The summed E-state index contributed by atoms with van der Waals surface area (Å²) in [6, 6.07) is 9.41. The van der Waals surface area contributed by atoms with Crippen molar-refractivity contribution in [2.24, 2.45) is 11.5 Å². The standard InChI is InChI=1S/C16H26N4O/c1-15(2)11-20(10-9-19(15)3)12-16(18,14(17)21)13-7-5-4-6-8-13/h4-8H,9-12,18H2,1-3H3,(H2,17,21). The second-order valence-electron chi connectivity index (χ2n) is 6.65. The fourth-order valence-corrected chi connectivity index (χ4v) is 2.88. The van der Waals surface area contributed by atoms with Gasteiger partial charge >= 0.3 is 0 Å². The van der Waals surface area contributed by atoms with Gasteiger partial charge < -0.3 is 11.5 Å². The molecule has 1 aromatic carbocycles. The largest absolute Gasteiger partial charge is 0.368 e. The highest BCUT2D eigenvalue weighted by Gasteiger charge is 2.39. The van der Waals surface area contributed by atoms with E-state index in [-0.39, 0.29) is 5.54 Å². The Labute approximate surface area is 126 Å². The van der Waals surface area contributed by atoms with Gasteiger partial charge in [-0.3, -0.25) is 14.6 Å². The zero-order chi connectivity index (χ0) is 15.7. The number of carbonyl (C=O) groups excluding carboxylic acids is 1. The summed E-state index contributed by atoms with van der Waals surface area (Å²) in [5.41, 5.74) is 11.7. The molecule has 0 aliphatic carbocycles. The van der Waals surface area contributed by atoms with Crippen molar-refractivity contribution < 1.29 is 4.79 Å². The van der Waals surface area contributed by atoms with Crippen LogP contribution in [0.4, 0.5) is 0 Å². The first-order valence-electron chi connectivity index (χ1n) is 7.33. The van der Waals surface area contributed by atoms with Crippen molar-refractivity contribution >= 4 is 5.91 Å². The second-order valence-corrected chi connectivity index (χ2v) is 6.65. The lowest BCUT2D eigenvalue weighted by atomic mass is 9.88. The Bertz CT molecular complexity index is 502. The Morgan fingerprint density at radius 1 is 1.29 bits per heavy atom. The molecule has 5 nitrogen and oxygen atoms in total. The van der Waals surface area contributed by atoms with E-state index in [0.29, 0.717) is 6.54 Å². The summed E-state index contributed by atoms with van der Waals surface area (Å²) in [5.74, 6) is -0.481. The topological polar surface area (TPSA) is 75.6 Å². The van der Waals surface area contributed by atoms with Crippen LogP contribution in [0.1, 0.15) is 19.4 Å². The summed E-state index contributed by atoms with van der Waals surface area (Å²) in [6.45, 7) is 7.55. The van der Waals surface area contributed by atoms with Crippen LogP contribution in [0.2, 0.25) is 0 Å². The number of rotatable bonds is 4. The molecule has 1 aromatic rings. The van der Waals surface area contributed by atoms with E-state index in [2.05, 4.69) is 30.7 Å². The first-order valence-corrected chi connectivity index (χ1v) is 7.33. The SMILES string of the molecule is CN1CCN(CC(N)(C(N)=O)c2ccccc2)CC1(C)C. The maximum absolute atomic E-state index is 12.0. The number of primary amides is 1. The molecule has 0 radical (unpaired) electrons. The number of benzene rings is 1. The van der Waals surface area contributed by atoms with Gasteiger partial charge in [0.2, 0.25) is 5.91 Å². The molecule has 0 aromatic heterocycles. The molecule has 5 heteroatoms. The molecule has 1 fully saturated rings. The lowest BCUT2D eigenvalue weighted by Gasteiger charge is -2.47. The van der Waals surface area contributed by atoms with Gasteiger partial charge in [0.25, 0.3) is 0 Å². The van der Waals surface area contributed by atoms with Crippen LogP contribution >= 0.6 is 0 Å². The van der Waals surface area contributed by atoms with E-state index >= 15 is 0 Å². The van der Waals surface area contributed by atoms with Gasteiger partial charge in [0, 0.05) is 31.7 Å². The summed E-state index contributed by atoms with van der Waals surface area (Å²) < 4.78 is 0. The number of nitrogens with zero attached hydrogens (tertiary/aromatic N) is 2. The Kier molecular flexibility index (Phi) is 4.37. The van der Waals surface area contributed by atoms with Crippen molar-refractivity contribution in [3.63, 3.8) is 0 Å². The van der Waals surface area contributed by atoms with Crippen LogP contribution in [0.3, 0.4) is 0 Å². The third-order valence-corrected chi connectivity index (χ3v) is 4.60. The Hall–Kier alpha value is -1.43. The van der Waals surface area contributed by atoms with Crippen molar-refractivity contribution in [2.45, 2.75) is 24.9 Å². The predicted molar refractivity (Wildman–Crippen MR) is 84.7 cm³/mol. The van der Waals surface area contributed by atoms with E-state index in [4.69, 9.17) is 11.5 Å². The average molecular weight is 290 g/mol. The smallest absolute Gasteiger partial charge is 0.243 e. The highest BCUT2D eigenvalue weighted by molar-refractivity contribution is 5.86. The minimum atomic E-state index is -1.15. The van der Waals surface area contributed by atoms with Crippen LogP contribution in [0.15, 0.2) is 30.3 Å². The van der Waals surface area contributed by atoms with Crippen LogP contribution in [-0.4, -0.2) is 54.5 Å². The predicted octanol–water partition coefficient (Wildman–Crippen LogP) is 0.352. The minimum absolute atomic E-state index is 0.0630. The van der Waals surface area contributed by atoms with Crippen LogP contribution in [0, 0.1) is 0 Å². The lowest BCUT2D eigenvalue weighted by molar-refractivity contribution is -0.124. The summed E-state index contributed by atoms with van der Waals surface area (Å²) >= 11 is 0. The highest BCUT2D eigenvalue weighted by Crippen LogP contribution is 2.24. The second kappa shape index (κ2) is 5.75. The maximum Gasteiger partial charge on any atom is 0.243 e. The summed E-state index contributed by atoms with van der Waals surface area (Å²) in [4.78, 5) is 16.5. The van der Waals surface area contributed by atoms with E-state index in [9.17, 15) is 4.79 Å². The Morgan fingerprint density at radius 3 is 2.43 bits per heavy atom. The summed E-state index contributed by atoms with van der Waals surface area (Å²) in [7, 11) is 2.12. The van der Waals surface area contributed by atoms with Gasteiger partial charge in [-0.1, -0.05) is 30.3 Å². The van der Waals surface area contributed by atoms with Crippen LogP contribution in [0.5, 0.6) is 0 Å². The Morgan fingerprint density at radius 2 is 1.90 bits per heavy atom. The van der Waals surface area contributed by atoms with Crippen molar-refractivity contribution in [1.29, 1.82) is 0 Å². The van der Waals surface area contributed by atoms with E-state index in [1.807, 2.05) is 30.3 Å². The van der Waals surface area contributed by atoms with Gasteiger partial charge in [-0.15, -0.1) is 0 Å². The fourth-order valence-electron chi connectivity index (χ4n) is 2.88. The Balaban J connectivity index is 2.20. The molecular weight excluding hydrogens is 264 g/mol. The molecule has 1 heterocycles. The first kappa shape index (κ1) is 15.9. The summed E-state index contributed by atoms with van der Waals surface area (Å²) in [5, 5.41) is 0. The van der Waals surface area contributed by atoms with Crippen LogP contribution < -0.4 is 11.5 Å². The van der Waals surface area contributed by atoms with Crippen molar-refractivity contribution in [1.82, 2.24) is 9.80 Å². The minimum Gasteiger partial charge on any atom is -0.368 e. The van der Waals surface area contributed by atoms with Gasteiger partial charge in [-0.05, 0) is 26.5 Å². The third-order valence-electron chi connectivity index (χ3n) is 4.60. The first-order chi connectivity index (χ1) is 9.75. The average Bonchev–Trinajstić information content (AvgIpc) is 2.43. The van der Waals surface area contributed by atoms with E-state index in [1.165, 1.54) is 0 Å². The molecule has 1 amide bonds. The monoisotopic (exact) mass is 290 g/mol. The molecule has 1 aliphatic heterocycles. The molecule has 1 atom stereocenters. The van der Waals surface area contributed by atoms with E-state index in [0.717, 1.165) is 25.2 Å². The van der Waals surface area contributed by atoms with Crippen molar-refractivity contribution in [2.75, 3.05) is 33.2 Å². The zero-order valence-corrected chi connectivity index (χ0v) is 13.2. The normalized spacial score (nSPS) is 22.7. The van der Waals surface area contributed by atoms with E-state index in [1.54, 1.807) is 0 Å². The molecule has 1 aliphatic rings. The molecule has 1 saturated heterocycles. The van der Waals surface area contributed by atoms with E-state index < -0.39 is 11.4 Å². The van der Waals surface area contributed by atoms with Gasteiger partial charge in [-0.25, -0.2) is 0 Å². The molecule has 2 rings (SSSR count). The van der Waals surface area contributed by atoms with Gasteiger partial charge in [-0.2, -0.15) is 0 Å². The van der Waals surface area contributed by atoms with Gasteiger partial charge in [0.15, 0.2) is 0 Å². The molecule has 0 bridgehead atoms. The maximum atomic E-state index is 12.0. The third kappa shape index (κ3) is 3.26. The fraction of sp³-hybridized carbons (Fsp3) is 0.562. The number of piperazine rings is 1. The molecule has 0 saturated carbocycles. The van der Waals surface area contributed by atoms with Gasteiger partial charge in [0.05, 0.1) is 0 Å². The molecule has 116 valence electrons. The molecule has 1 unspecified atom stereocenters. The van der Waals surface area contributed by atoms with Crippen LogP contribution in [-0.2, 0) is 10.3 Å². The summed E-state index contributed by atoms with van der Waals surface area (Å²) in [6.07, 6.45) is 0. The van der Waals surface area contributed by atoms with Crippen molar-refractivity contribution in [3.05, 3.63) is 35.9 Å². The number of amides is 1. The molecular formula is C16H26N4O. The molecule has 4 N–H and O–H groups in total. The number of carbonyl (C=O) groups is 1. The molecule has 0 spiro atoms. The van der Waals surface area contributed by atoms with Gasteiger partial charge in [0.1, 0.15) is 5.54 Å². The van der Waals surface area contributed by atoms with Crippen molar-refractivity contribution in [3.8, 4) is 0 Å². The van der Waals surface area contributed by atoms with Crippen LogP contribution in [0.25, 0.3) is 0 Å². The molecule has 21 heavy (non-hydrogen) atoms. The lowest BCUT2D eigenvalue weighted by Crippen LogP contribution is -2.63. The number of likely N-dealkylation sites (N-methyl/N-ethyl adjacent to an activating group) is 1. The highest BCUT2D eigenvalue weighted by atomic mass is 16.1. The number of nitrogens with two attached hydrogens (primary N) is 2.